The second-order valence-corrected chi connectivity index (χ2v) is 5.73. The maximum atomic E-state index is 9.97. The van der Waals surface area contributed by atoms with E-state index in [-0.39, 0.29) is 0 Å². The lowest BCUT2D eigenvalue weighted by Crippen LogP contribution is -2.00. The molecule has 0 heterocycles. The van der Waals surface area contributed by atoms with Gasteiger partial charge in [-0.15, -0.1) is 0 Å². The van der Waals surface area contributed by atoms with Gasteiger partial charge in [-0.2, -0.15) is 0 Å². The molecule has 0 atom stereocenters. The van der Waals surface area contributed by atoms with Crippen LogP contribution >= 0.6 is 0 Å². The molecule has 0 spiro atoms. The molecule has 0 radical (unpaired) electrons. The molecule has 3 aromatic carbocycles. The third-order valence-corrected chi connectivity index (χ3v) is 4.35. The zero-order valence-electron chi connectivity index (χ0n) is 12.1. The normalized spacial score (nSPS) is 11.5. The molecule has 0 bridgehead atoms. The van der Waals surface area contributed by atoms with Gasteiger partial charge >= 0.3 is 0 Å². The molecule has 1 heteroatoms. The first-order valence-corrected chi connectivity index (χ1v) is 7.20. The van der Waals surface area contributed by atoms with Crippen molar-refractivity contribution in [2.45, 2.75) is 13.8 Å². The molecule has 1 aliphatic carbocycles. The molecule has 1 aliphatic rings. The molecule has 3 aromatic rings. The highest BCUT2D eigenvalue weighted by Gasteiger charge is 2.25. The van der Waals surface area contributed by atoms with Crippen molar-refractivity contribution in [2.75, 3.05) is 0 Å². The fraction of sp³-hybridized carbons (Fsp3) is 0.100. The molecule has 0 amide bonds. The number of hydrogen-bond donors (Lipinski definition) is 1. The number of aromatic hydroxyl groups is 1. The van der Waals surface area contributed by atoms with Crippen LogP contribution in [0, 0.1) is 13.8 Å². The summed E-state index contributed by atoms with van der Waals surface area (Å²) in [5, 5.41) is 9.97. The molecule has 0 fully saturated rings. The van der Waals surface area contributed by atoms with Gasteiger partial charge in [-0.05, 0) is 70.5 Å². The van der Waals surface area contributed by atoms with Gasteiger partial charge in [-0.25, -0.2) is 0 Å². The van der Waals surface area contributed by atoms with Crippen molar-refractivity contribution in [2.24, 2.45) is 0 Å². The van der Waals surface area contributed by atoms with Gasteiger partial charge in [-0.3, -0.25) is 0 Å². The van der Waals surface area contributed by atoms with E-state index in [1.54, 1.807) is 0 Å². The van der Waals surface area contributed by atoms with Gasteiger partial charge < -0.3 is 5.11 Å². The number of hydrogen-bond acceptors (Lipinski definition) is 1. The zero-order chi connectivity index (χ0) is 14.6. The third kappa shape index (κ3) is 1.64. The number of benzene rings is 3. The van der Waals surface area contributed by atoms with Crippen molar-refractivity contribution in [1.82, 2.24) is 0 Å². The van der Waals surface area contributed by atoms with Gasteiger partial charge in [0.1, 0.15) is 5.75 Å². The Morgan fingerprint density at radius 1 is 0.667 bits per heavy atom. The second kappa shape index (κ2) is 4.23. The quantitative estimate of drug-likeness (QED) is 0.497. The molecular formula is C20H16O. The van der Waals surface area contributed by atoms with Gasteiger partial charge in [0.15, 0.2) is 0 Å². The number of phenols is 1. The van der Waals surface area contributed by atoms with Crippen molar-refractivity contribution >= 4 is 0 Å². The summed E-state index contributed by atoms with van der Waals surface area (Å²) in [6.07, 6.45) is 0. The molecule has 0 unspecified atom stereocenters. The first kappa shape index (κ1) is 12.2. The summed E-state index contributed by atoms with van der Waals surface area (Å²) in [5.41, 5.74) is 9.59. The number of fused-ring (bicyclic) bond motifs is 4. The van der Waals surface area contributed by atoms with E-state index < -0.39 is 0 Å². The van der Waals surface area contributed by atoms with E-state index in [4.69, 9.17) is 0 Å². The van der Waals surface area contributed by atoms with Crippen LogP contribution < -0.4 is 0 Å². The smallest absolute Gasteiger partial charge is 0.121 e. The highest BCUT2D eigenvalue weighted by Crippen LogP contribution is 2.51. The van der Waals surface area contributed by atoms with Crippen LogP contribution in [0.5, 0.6) is 5.75 Å². The summed E-state index contributed by atoms with van der Waals surface area (Å²) in [7, 11) is 0. The van der Waals surface area contributed by atoms with Crippen molar-refractivity contribution < 1.29 is 5.11 Å². The number of aryl methyl sites for hydroxylation is 2. The Bertz CT molecular complexity index is 852. The van der Waals surface area contributed by atoms with E-state index in [1.807, 2.05) is 13.8 Å². The number of phenolic OH excluding ortho intramolecular Hbond substituents is 1. The largest absolute Gasteiger partial charge is 0.507 e. The zero-order valence-corrected chi connectivity index (χ0v) is 12.1. The van der Waals surface area contributed by atoms with Crippen LogP contribution in [0.1, 0.15) is 11.1 Å². The average Bonchev–Trinajstić information content (AvgIpc) is 2.49. The molecule has 102 valence electrons. The first-order chi connectivity index (χ1) is 10.2. The second-order valence-electron chi connectivity index (χ2n) is 5.73. The monoisotopic (exact) mass is 272 g/mol. The molecular weight excluding hydrogens is 256 g/mol. The van der Waals surface area contributed by atoms with Crippen molar-refractivity contribution in [3.8, 4) is 39.1 Å². The summed E-state index contributed by atoms with van der Waals surface area (Å²) in [5.74, 6) is 0.397. The average molecular weight is 272 g/mol. The Morgan fingerprint density at radius 3 is 1.95 bits per heavy atom. The summed E-state index contributed by atoms with van der Waals surface area (Å²) in [4.78, 5) is 0. The Hall–Kier alpha value is -2.54. The Morgan fingerprint density at radius 2 is 1.24 bits per heavy atom. The van der Waals surface area contributed by atoms with E-state index >= 15 is 0 Å². The molecule has 0 aliphatic heterocycles. The van der Waals surface area contributed by atoms with Gasteiger partial charge in [0.25, 0.3) is 0 Å². The lowest BCUT2D eigenvalue weighted by Gasteiger charge is -2.27. The maximum Gasteiger partial charge on any atom is 0.121 e. The standard InChI is InChI=1S/C20H16O/c1-12-10-14(11-13(2)20(12)21)15-8-5-9-18-16-6-3-4-7-17(16)19(15)18/h3-11,21H,1-2H3. The lowest BCUT2D eigenvalue weighted by atomic mass is 9.76. The van der Waals surface area contributed by atoms with Crippen LogP contribution in [0.4, 0.5) is 0 Å². The highest BCUT2D eigenvalue weighted by molar-refractivity contribution is 6.08. The summed E-state index contributed by atoms with van der Waals surface area (Å²) < 4.78 is 0. The topological polar surface area (TPSA) is 20.2 Å². The summed E-state index contributed by atoms with van der Waals surface area (Å²) >= 11 is 0. The van der Waals surface area contributed by atoms with Crippen LogP contribution in [0.2, 0.25) is 0 Å². The highest BCUT2D eigenvalue weighted by atomic mass is 16.3. The Kier molecular flexibility index (Phi) is 2.46. The molecule has 0 aromatic heterocycles. The molecule has 21 heavy (non-hydrogen) atoms. The van der Waals surface area contributed by atoms with Crippen LogP contribution in [0.25, 0.3) is 33.4 Å². The van der Waals surface area contributed by atoms with Gasteiger partial charge in [0.05, 0.1) is 0 Å². The van der Waals surface area contributed by atoms with E-state index in [9.17, 15) is 5.11 Å². The van der Waals surface area contributed by atoms with Crippen LogP contribution in [0.3, 0.4) is 0 Å². The van der Waals surface area contributed by atoms with E-state index in [2.05, 4.69) is 54.6 Å². The predicted molar refractivity (Wildman–Crippen MR) is 87.4 cm³/mol. The molecule has 0 saturated heterocycles. The Labute approximate surface area is 124 Å². The maximum absolute atomic E-state index is 9.97. The van der Waals surface area contributed by atoms with Crippen LogP contribution in [-0.4, -0.2) is 5.11 Å². The van der Waals surface area contributed by atoms with Crippen molar-refractivity contribution in [3.63, 3.8) is 0 Å². The van der Waals surface area contributed by atoms with Crippen molar-refractivity contribution in [1.29, 1.82) is 0 Å². The Balaban J connectivity index is 1.95. The minimum absolute atomic E-state index is 0.397. The minimum atomic E-state index is 0.397. The van der Waals surface area contributed by atoms with E-state index in [0.29, 0.717) is 5.75 Å². The fourth-order valence-corrected chi connectivity index (χ4v) is 3.29. The van der Waals surface area contributed by atoms with E-state index in [0.717, 1.165) is 11.1 Å². The fourth-order valence-electron chi connectivity index (χ4n) is 3.29. The van der Waals surface area contributed by atoms with E-state index in [1.165, 1.54) is 33.4 Å². The molecule has 0 saturated carbocycles. The molecule has 4 rings (SSSR count). The van der Waals surface area contributed by atoms with Crippen LogP contribution in [-0.2, 0) is 0 Å². The van der Waals surface area contributed by atoms with Gasteiger partial charge in [0.2, 0.25) is 0 Å². The molecule has 1 N–H and O–H groups in total. The SMILES string of the molecule is Cc1cc(-c2cccc3c2-c2ccccc2-3)cc(C)c1O. The molecule has 1 nitrogen and oxygen atoms in total. The first-order valence-electron chi connectivity index (χ1n) is 7.20. The minimum Gasteiger partial charge on any atom is -0.507 e. The van der Waals surface area contributed by atoms with Crippen LogP contribution in [0.15, 0.2) is 54.6 Å². The van der Waals surface area contributed by atoms with Crippen molar-refractivity contribution in [3.05, 3.63) is 65.7 Å². The van der Waals surface area contributed by atoms with Gasteiger partial charge in [-0.1, -0.05) is 42.5 Å². The third-order valence-electron chi connectivity index (χ3n) is 4.35. The summed E-state index contributed by atoms with van der Waals surface area (Å²) in [6.45, 7) is 3.91. The lowest BCUT2D eigenvalue weighted by molar-refractivity contribution is 0.467. The summed E-state index contributed by atoms with van der Waals surface area (Å²) in [6, 6.07) is 19.1. The predicted octanol–water partition coefficient (Wildman–Crippen LogP) is 5.32. The number of rotatable bonds is 1. The van der Waals surface area contributed by atoms with Gasteiger partial charge in [0, 0.05) is 0 Å².